The Morgan fingerprint density at radius 1 is 0.867 bits per heavy atom. The molecule has 1 atom stereocenters. The van der Waals surface area contributed by atoms with Gasteiger partial charge in [-0.15, -0.1) is 0 Å². The van der Waals surface area contributed by atoms with E-state index in [9.17, 15) is 4.79 Å². The van der Waals surface area contributed by atoms with E-state index < -0.39 is 0 Å². The van der Waals surface area contributed by atoms with E-state index in [0.29, 0.717) is 11.8 Å². The number of amides is 1. The summed E-state index contributed by atoms with van der Waals surface area (Å²) in [4.78, 5) is 14.6. The third-order valence-electron chi connectivity index (χ3n) is 6.00. The molecular weight excluding hydrogens is 366 g/mol. The normalized spacial score (nSPS) is 12.1. The summed E-state index contributed by atoms with van der Waals surface area (Å²) in [5.74, 6) is 1.02. The minimum absolute atomic E-state index is 0.0913. The van der Waals surface area contributed by atoms with Gasteiger partial charge in [0.1, 0.15) is 0 Å². The van der Waals surface area contributed by atoms with Gasteiger partial charge in [-0.3, -0.25) is 4.79 Å². The maximum Gasteiger partial charge on any atom is 0.253 e. The van der Waals surface area contributed by atoms with Crippen LogP contribution in [0.2, 0.25) is 0 Å². The lowest BCUT2D eigenvalue weighted by molar-refractivity contribution is 0.0788. The Morgan fingerprint density at radius 2 is 1.53 bits per heavy atom. The summed E-state index contributed by atoms with van der Waals surface area (Å²) in [6.07, 6.45) is 0.956. The van der Waals surface area contributed by atoms with Gasteiger partial charge in [0, 0.05) is 19.2 Å². The second-order valence-corrected chi connectivity index (χ2v) is 8.67. The smallest absolute Gasteiger partial charge is 0.253 e. The zero-order valence-corrected chi connectivity index (χ0v) is 18.9. The summed E-state index contributed by atoms with van der Waals surface area (Å²) in [5.41, 5.74) is 7.14. The van der Waals surface area contributed by atoms with Gasteiger partial charge in [0.2, 0.25) is 0 Å². The Bertz CT molecular complexity index is 973. The Hall–Kier alpha value is -2.87. The van der Waals surface area contributed by atoms with Gasteiger partial charge in [0.25, 0.3) is 5.91 Å². The number of hydrogen-bond donors (Lipinski definition) is 0. The van der Waals surface area contributed by atoms with E-state index in [2.05, 4.69) is 63.2 Å². The Morgan fingerprint density at radius 3 is 2.13 bits per heavy atom. The van der Waals surface area contributed by atoms with Crippen molar-refractivity contribution >= 4 is 5.91 Å². The zero-order valence-electron chi connectivity index (χ0n) is 18.9. The summed E-state index contributed by atoms with van der Waals surface area (Å²) in [5, 5.41) is 0. The lowest BCUT2D eigenvalue weighted by Crippen LogP contribution is -2.29. The summed E-state index contributed by atoms with van der Waals surface area (Å²) in [6, 6.07) is 25.1. The van der Waals surface area contributed by atoms with Crippen LogP contribution in [0, 0.1) is 19.8 Å². The van der Waals surface area contributed by atoms with E-state index in [4.69, 9.17) is 0 Å². The number of carbonyl (C=O) groups excluding carboxylic acids is 1. The van der Waals surface area contributed by atoms with E-state index >= 15 is 0 Å². The van der Waals surface area contributed by atoms with Gasteiger partial charge in [-0.25, -0.2) is 0 Å². The Labute approximate surface area is 181 Å². The fourth-order valence-electron chi connectivity index (χ4n) is 4.10. The van der Waals surface area contributed by atoms with E-state index in [1.54, 1.807) is 0 Å². The van der Waals surface area contributed by atoms with Crippen LogP contribution in [-0.2, 0) is 0 Å². The average molecular weight is 400 g/mol. The first-order chi connectivity index (χ1) is 14.4. The highest BCUT2D eigenvalue weighted by molar-refractivity contribution is 5.94. The number of benzene rings is 3. The highest BCUT2D eigenvalue weighted by Gasteiger charge is 2.20. The third-order valence-corrected chi connectivity index (χ3v) is 6.00. The minimum Gasteiger partial charge on any atom is -0.342 e. The fourth-order valence-corrected chi connectivity index (χ4v) is 4.10. The molecule has 0 spiro atoms. The Kier molecular flexibility index (Phi) is 7.10. The van der Waals surface area contributed by atoms with Crippen molar-refractivity contribution in [1.82, 2.24) is 4.90 Å². The monoisotopic (exact) mass is 399 g/mol. The quantitative estimate of drug-likeness (QED) is 0.424. The van der Waals surface area contributed by atoms with Crippen LogP contribution in [0.5, 0.6) is 0 Å². The lowest BCUT2D eigenvalue weighted by Gasteiger charge is -2.26. The molecule has 0 heterocycles. The molecule has 0 radical (unpaired) electrons. The molecule has 3 aromatic rings. The molecule has 3 rings (SSSR count). The second kappa shape index (κ2) is 9.75. The molecule has 0 fully saturated rings. The minimum atomic E-state index is 0.0913. The van der Waals surface area contributed by atoms with Crippen molar-refractivity contribution in [2.45, 2.75) is 40.0 Å². The van der Waals surface area contributed by atoms with Crippen LogP contribution in [0.25, 0.3) is 11.1 Å². The van der Waals surface area contributed by atoms with Crippen LogP contribution in [-0.4, -0.2) is 24.4 Å². The molecule has 0 N–H and O–H groups in total. The summed E-state index contributed by atoms with van der Waals surface area (Å²) in [6.45, 7) is 9.54. The van der Waals surface area contributed by atoms with Gasteiger partial charge in [-0.1, -0.05) is 80.1 Å². The van der Waals surface area contributed by atoms with Gasteiger partial charge >= 0.3 is 0 Å². The highest BCUT2D eigenvalue weighted by Crippen LogP contribution is 2.33. The highest BCUT2D eigenvalue weighted by atomic mass is 16.2. The van der Waals surface area contributed by atoms with Crippen molar-refractivity contribution < 1.29 is 4.79 Å². The first-order valence-electron chi connectivity index (χ1n) is 10.8. The molecule has 0 aliphatic heterocycles. The lowest BCUT2D eigenvalue weighted by atomic mass is 9.82. The Balaban J connectivity index is 1.73. The van der Waals surface area contributed by atoms with Crippen molar-refractivity contribution in [1.29, 1.82) is 0 Å². The molecule has 2 heteroatoms. The molecule has 30 heavy (non-hydrogen) atoms. The number of aryl methyl sites for hydroxylation is 2. The van der Waals surface area contributed by atoms with Gasteiger partial charge < -0.3 is 4.90 Å². The zero-order chi connectivity index (χ0) is 21.7. The topological polar surface area (TPSA) is 20.3 Å². The molecule has 0 aliphatic carbocycles. The summed E-state index contributed by atoms with van der Waals surface area (Å²) >= 11 is 0. The first kappa shape index (κ1) is 21.8. The van der Waals surface area contributed by atoms with Crippen LogP contribution in [0.3, 0.4) is 0 Å². The molecule has 0 saturated heterocycles. The molecule has 2 nitrogen and oxygen atoms in total. The number of rotatable bonds is 7. The largest absolute Gasteiger partial charge is 0.342 e. The fraction of sp³-hybridized carbons (Fsp3) is 0.321. The predicted octanol–water partition coefficient (Wildman–Crippen LogP) is 6.87. The maximum atomic E-state index is 12.8. The average Bonchev–Trinajstić information content (AvgIpc) is 2.75. The molecule has 0 saturated carbocycles. The number of carbonyl (C=O) groups is 1. The maximum absolute atomic E-state index is 12.8. The van der Waals surface area contributed by atoms with Gasteiger partial charge in [0.05, 0.1) is 0 Å². The predicted molar refractivity (Wildman–Crippen MR) is 127 cm³/mol. The van der Waals surface area contributed by atoms with Crippen molar-refractivity contribution in [3.63, 3.8) is 0 Å². The molecule has 1 amide bonds. The van der Waals surface area contributed by atoms with E-state index in [1.807, 2.05) is 49.2 Å². The van der Waals surface area contributed by atoms with E-state index in [1.165, 1.54) is 27.8 Å². The summed E-state index contributed by atoms with van der Waals surface area (Å²) < 4.78 is 0. The molecular formula is C28H33NO. The van der Waals surface area contributed by atoms with Gasteiger partial charge in [0.15, 0.2) is 0 Å². The standard InChI is InChI=1S/C28H33NO/c1-20(2)26(17-18-29(5)28(30)24-13-11-21(3)12-14-24)27-16-15-25(19-22(27)4)23-9-7-6-8-10-23/h6-16,19-20,26H,17-18H2,1-5H3. The molecule has 3 aromatic carbocycles. The first-order valence-corrected chi connectivity index (χ1v) is 10.8. The molecule has 156 valence electrons. The number of hydrogen-bond acceptors (Lipinski definition) is 1. The molecule has 0 aromatic heterocycles. The second-order valence-electron chi connectivity index (χ2n) is 8.67. The van der Waals surface area contributed by atoms with Crippen molar-refractivity contribution in [2.24, 2.45) is 5.92 Å². The summed E-state index contributed by atoms with van der Waals surface area (Å²) in [7, 11) is 1.91. The molecule has 0 aliphatic rings. The SMILES string of the molecule is Cc1ccc(C(=O)N(C)CCC(c2ccc(-c3ccccc3)cc2C)C(C)C)cc1. The van der Waals surface area contributed by atoms with Crippen molar-refractivity contribution in [2.75, 3.05) is 13.6 Å². The van der Waals surface area contributed by atoms with Crippen molar-refractivity contribution in [3.05, 3.63) is 95.1 Å². The molecule has 0 bridgehead atoms. The van der Waals surface area contributed by atoms with Crippen LogP contribution >= 0.6 is 0 Å². The van der Waals surface area contributed by atoms with E-state index in [-0.39, 0.29) is 5.91 Å². The van der Waals surface area contributed by atoms with Crippen LogP contribution in [0.1, 0.15) is 53.2 Å². The van der Waals surface area contributed by atoms with E-state index in [0.717, 1.165) is 18.5 Å². The van der Waals surface area contributed by atoms with Gasteiger partial charge in [-0.05, 0) is 66.5 Å². The van der Waals surface area contributed by atoms with Crippen LogP contribution in [0.15, 0.2) is 72.8 Å². The van der Waals surface area contributed by atoms with Crippen LogP contribution < -0.4 is 0 Å². The third kappa shape index (κ3) is 5.18. The molecule has 1 unspecified atom stereocenters. The van der Waals surface area contributed by atoms with Crippen LogP contribution in [0.4, 0.5) is 0 Å². The van der Waals surface area contributed by atoms with Crippen molar-refractivity contribution in [3.8, 4) is 11.1 Å². The van der Waals surface area contributed by atoms with Gasteiger partial charge in [-0.2, -0.15) is 0 Å². The number of nitrogens with zero attached hydrogens (tertiary/aromatic N) is 1.